The van der Waals surface area contributed by atoms with Crippen molar-refractivity contribution in [3.63, 3.8) is 0 Å². The maximum atomic E-state index is 9.00. The molecular formula is C6H14O4. The van der Waals surface area contributed by atoms with E-state index in [1.165, 1.54) is 7.11 Å². The van der Waals surface area contributed by atoms with Crippen molar-refractivity contribution in [1.29, 1.82) is 0 Å². The highest BCUT2D eigenvalue weighted by atomic mass is 17.2. The minimum atomic E-state index is -0.833. The van der Waals surface area contributed by atoms with Crippen LogP contribution in [0.5, 0.6) is 0 Å². The van der Waals surface area contributed by atoms with Gasteiger partial charge in [0.15, 0.2) is 0 Å². The van der Waals surface area contributed by atoms with Gasteiger partial charge in [0.25, 0.3) is 5.97 Å². The fourth-order valence-corrected chi connectivity index (χ4v) is 0.167. The summed E-state index contributed by atoms with van der Waals surface area (Å²) in [5.41, 5.74) is 0. The van der Waals surface area contributed by atoms with Crippen LogP contribution in [0.2, 0.25) is 0 Å². The molecule has 0 amide bonds. The first-order chi connectivity index (χ1) is 4.65. The fourth-order valence-electron chi connectivity index (χ4n) is 0.167. The van der Waals surface area contributed by atoms with Crippen LogP contribution in [0, 0.1) is 0 Å². The Labute approximate surface area is 60.7 Å². The predicted octanol–water partition coefficient (Wildman–Crippen LogP) is 1.07. The van der Waals surface area contributed by atoms with Gasteiger partial charge in [0.05, 0.1) is 13.7 Å². The summed E-state index contributed by atoms with van der Waals surface area (Å²) in [6.07, 6.45) is 1.01. The van der Waals surface area contributed by atoms with E-state index in [4.69, 9.17) is 9.90 Å². The summed E-state index contributed by atoms with van der Waals surface area (Å²) in [4.78, 5) is 17.8. The van der Waals surface area contributed by atoms with Crippen LogP contribution in [0.15, 0.2) is 0 Å². The van der Waals surface area contributed by atoms with Crippen molar-refractivity contribution in [1.82, 2.24) is 0 Å². The van der Waals surface area contributed by atoms with Crippen LogP contribution in [0.3, 0.4) is 0 Å². The molecule has 0 atom stereocenters. The number of hydrogen-bond donors (Lipinski definition) is 1. The van der Waals surface area contributed by atoms with Crippen molar-refractivity contribution < 1.29 is 19.7 Å². The number of carboxylic acid groups (broad SMARTS) is 1. The molecule has 0 saturated heterocycles. The van der Waals surface area contributed by atoms with Gasteiger partial charge in [-0.3, -0.25) is 4.79 Å². The van der Waals surface area contributed by atoms with Crippen LogP contribution >= 0.6 is 0 Å². The van der Waals surface area contributed by atoms with Crippen molar-refractivity contribution in [2.24, 2.45) is 0 Å². The molecule has 10 heavy (non-hydrogen) atoms. The van der Waals surface area contributed by atoms with Crippen molar-refractivity contribution in [3.8, 4) is 0 Å². The summed E-state index contributed by atoms with van der Waals surface area (Å²) in [5.74, 6) is -0.833. The van der Waals surface area contributed by atoms with Gasteiger partial charge in [0, 0.05) is 6.92 Å². The van der Waals surface area contributed by atoms with Gasteiger partial charge in [0.1, 0.15) is 0 Å². The highest BCUT2D eigenvalue weighted by Crippen LogP contribution is 1.76. The van der Waals surface area contributed by atoms with E-state index in [0.29, 0.717) is 6.61 Å². The van der Waals surface area contributed by atoms with Crippen LogP contribution in [-0.4, -0.2) is 24.8 Å². The highest BCUT2D eigenvalue weighted by molar-refractivity contribution is 5.62. The van der Waals surface area contributed by atoms with Gasteiger partial charge in [-0.25, -0.2) is 9.78 Å². The average Bonchev–Trinajstić information content (AvgIpc) is 1.82. The van der Waals surface area contributed by atoms with E-state index in [0.717, 1.165) is 13.3 Å². The van der Waals surface area contributed by atoms with Gasteiger partial charge in [0.2, 0.25) is 0 Å². The first-order valence-corrected chi connectivity index (χ1v) is 3.00. The number of carboxylic acids is 1. The molecule has 0 aliphatic carbocycles. The molecular weight excluding hydrogens is 136 g/mol. The summed E-state index contributed by atoms with van der Waals surface area (Å²) in [6, 6.07) is 0. The first-order valence-electron chi connectivity index (χ1n) is 3.00. The molecule has 0 saturated carbocycles. The zero-order valence-electron chi connectivity index (χ0n) is 6.59. The summed E-state index contributed by atoms with van der Waals surface area (Å²) in [6.45, 7) is 3.80. The minimum absolute atomic E-state index is 0.691. The molecule has 0 aromatic heterocycles. The molecule has 0 radical (unpaired) electrons. The van der Waals surface area contributed by atoms with Crippen molar-refractivity contribution in [3.05, 3.63) is 0 Å². The smallest absolute Gasteiger partial charge is 0.300 e. The lowest BCUT2D eigenvalue weighted by molar-refractivity contribution is -0.272. The number of hydrogen-bond acceptors (Lipinski definition) is 3. The Morgan fingerprint density at radius 1 is 1.60 bits per heavy atom. The quantitative estimate of drug-likeness (QED) is 0.371. The third-order valence-corrected chi connectivity index (χ3v) is 0.405. The van der Waals surface area contributed by atoms with Crippen molar-refractivity contribution in [2.75, 3.05) is 13.7 Å². The Morgan fingerprint density at radius 2 is 2.00 bits per heavy atom. The third-order valence-electron chi connectivity index (χ3n) is 0.405. The summed E-state index contributed by atoms with van der Waals surface area (Å²) < 4.78 is 0. The Morgan fingerprint density at radius 3 is 2.10 bits per heavy atom. The van der Waals surface area contributed by atoms with E-state index in [1.54, 1.807) is 0 Å². The molecule has 62 valence electrons. The molecule has 0 aromatic rings. The molecule has 1 N–H and O–H groups in total. The lowest BCUT2D eigenvalue weighted by Crippen LogP contribution is -1.88. The van der Waals surface area contributed by atoms with Gasteiger partial charge in [-0.2, -0.15) is 0 Å². The standard InChI is InChI=1S/C4H10O2.C2H4O2/c1-3-4-6-5-2;1-2(3)4/h3-4H2,1-2H3;1H3,(H,3,4). The normalized spacial score (nSPS) is 7.90. The molecule has 0 rings (SSSR count). The van der Waals surface area contributed by atoms with Crippen LogP contribution in [0.1, 0.15) is 20.3 Å². The second-order valence-electron chi connectivity index (χ2n) is 1.51. The minimum Gasteiger partial charge on any atom is -0.481 e. The molecule has 4 heteroatoms. The van der Waals surface area contributed by atoms with Crippen LogP contribution in [-0.2, 0) is 14.6 Å². The van der Waals surface area contributed by atoms with Gasteiger partial charge in [-0.05, 0) is 6.42 Å². The summed E-state index contributed by atoms with van der Waals surface area (Å²) in [7, 11) is 1.51. The zero-order valence-corrected chi connectivity index (χ0v) is 6.59. The van der Waals surface area contributed by atoms with Gasteiger partial charge < -0.3 is 5.11 Å². The van der Waals surface area contributed by atoms with Crippen LogP contribution < -0.4 is 0 Å². The largest absolute Gasteiger partial charge is 0.481 e. The lowest BCUT2D eigenvalue weighted by atomic mass is 10.5. The van der Waals surface area contributed by atoms with Crippen LogP contribution in [0.25, 0.3) is 0 Å². The second-order valence-corrected chi connectivity index (χ2v) is 1.51. The maximum Gasteiger partial charge on any atom is 0.300 e. The molecule has 0 aromatic carbocycles. The van der Waals surface area contributed by atoms with Crippen molar-refractivity contribution in [2.45, 2.75) is 20.3 Å². The predicted molar refractivity (Wildman–Crippen MR) is 36.6 cm³/mol. The van der Waals surface area contributed by atoms with E-state index >= 15 is 0 Å². The molecule has 4 nitrogen and oxygen atoms in total. The van der Waals surface area contributed by atoms with E-state index in [9.17, 15) is 0 Å². The molecule has 0 fully saturated rings. The van der Waals surface area contributed by atoms with Gasteiger partial charge in [-0.1, -0.05) is 6.92 Å². The zero-order chi connectivity index (χ0) is 8.41. The molecule has 0 unspecified atom stereocenters. The van der Waals surface area contributed by atoms with E-state index < -0.39 is 5.97 Å². The SMILES string of the molecule is CC(=O)O.CCCOOC. The maximum absolute atomic E-state index is 9.00. The summed E-state index contributed by atoms with van der Waals surface area (Å²) in [5, 5.41) is 7.42. The lowest BCUT2D eigenvalue weighted by Gasteiger charge is -1.91. The fraction of sp³-hybridized carbons (Fsp3) is 0.833. The number of rotatable bonds is 3. The Hall–Kier alpha value is -0.610. The molecule has 0 heterocycles. The van der Waals surface area contributed by atoms with E-state index in [1.807, 2.05) is 6.92 Å². The monoisotopic (exact) mass is 150 g/mol. The molecule has 0 spiro atoms. The van der Waals surface area contributed by atoms with E-state index in [-0.39, 0.29) is 0 Å². The third kappa shape index (κ3) is 52.8. The highest BCUT2D eigenvalue weighted by Gasteiger charge is 1.73. The Bertz CT molecular complexity index is 64.1. The molecule has 0 aliphatic rings. The molecule has 0 aliphatic heterocycles. The average molecular weight is 150 g/mol. The Kier molecular flexibility index (Phi) is 13.6. The van der Waals surface area contributed by atoms with Gasteiger partial charge >= 0.3 is 0 Å². The molecule has 0 bridgehead atoms. The number of carbonyl (C=O) groups is 1. The van der Waals surface area contributed by atoms with Gasteiger partial charge in [-0.15, -0.1) is 0 Å². The Balaban J connectivity index is 0. The first kappa shape index (κ1) is 12.1. The van der Waals surface area contributed by atoms with E-state index in [2.05, 4.69) is 9.78 Å². The summed E-state index contributed by atoms with van der Waals surface area (Å²) >= 11 is 0. The van der Waals surface area contributed by atoms with Crippen molar-refractivity contribution >= 4 is 5.97 Å². The topological polar surface area (TPSA) is 55.8 Å². The second kappa shape index (κ2) is 11.2. The number of aliphatic carboxylic acids is 1. The van der Waals surface area contributed by atoms with Crippen LogP contribution in [0.4, 0.5) is 0 Å².